The van der Waals surface area contributed by atoms with Crippen molar-refractivity contribution < 1.29 is 9.59 Å². The normalized spacial score (nSPS) is 32.5. The molecule has 0 saturated carbocycles. The molecule has 1 aliphatic heterocycles. The second-order valence-electron chi connectivity index (χ2n) is 4.35. The Hall–Kier alpha value is -0.850. The van der Waals surface area contributed by atoms with Crippen LogP contribution >= 0.6 is 12.4 Å². The monoisotopic (exact) mass is 264 g/mol. The van der Waals surface area contributed by atoms with Crippen molar-refractivity contribution in [3.63, 3.8) is 0 Å². The number of urea groups is 1. The lowest BCUT2D eigenvalue weighted by Gasteiger charge is -2.47. The fraction of sp³-hybridized carbons (Fsp3) is 0.800. The molecule has 17 heavy (non-hydrogen) atoms. The van der Waals surface area contributed by atoms with Gasteiger partial charge in [0.15, 0.2) is 0 Å². The second-order valence-corrected chi connectivity index (χ2v) is 4.35. The zero-order chi connectivity index (χ0) is 12.4. The zero-order valence-electron chi connectivity index (χ0n) is 10.2. The molecule has 0 aliphatic carbocycles. The molecule has 3 amide bonds. The molecule has 6 N–H and O–H groups in total. The molecule has 2 unspecified atom stereocenters. The van der Waals surface area contributed by atoms with Crippen LogP contribution in [0.2, 0.25) is 0 Å². The van der Waals surface area contributed by atoms with Crippen molar-refractivity contribution in [1.82, 2.24) is 10.6 Å². The third-order valence-corrected chi connectivity index (χ3v) is 3.05. The number of halogens is 1. The second kappa shape index (κ2) is 5.66. The lowest BCUT2D eigenvalue weighted by atomic mass is 9.76. The standard InChI is InChI=1S/C10H20N4O2.ClH/c1-3-5-9(11)7(15)13-8(16)14-10(9,12)6-4-2;/h3-6,11-12H2,1-2H3,(H2,13,14,15,16);1H. The van der Waals surface area contributed by atoms with Crippen molar-refractivity contribution in [2.45, 2.75) is 50.7 Å². The molecule has 100 valence electrons. The van der Waals surface area contributed by atoms with E-state index in [2.05, 4.69) is 10.6 Å². The molecule has 0 aromatic rings. The Labute approximate surface area is 107 Å². The minimum atomic E-state index is -1.23. The SMILES string of the molecule is CCCC1(N)NC(=O)NC(=O)C1(N)CCC.Cl. The van der Waals surface area contributed by atoms with E-state index in [0.29, 0.717) is 12.8 Å². The Morgan fingerprint density at radius 1 is 1.12 bits per heavy atom. The Bertz CT molecular complexity index is 313. The maximum Gasteiger partial charge on any atom is 0.323 e. The summed E-state index contributed by atoms with van der Waals surface area (Å²) in [5.41, 5.74) is 9.80. The van der Waals surface area contributed by atoms with Gasteiger partial charge in [-0.2, -0.15) is 0 Å². The van der Waals surface area contributed by atoms with Crippen LogP contribution in [0.5, 0.6) is 0 Å². The van der Waals surface area contributed by atoms with E-state index in [9.17, 15) is 9.59 Å². The van der Waals surface area contributed by atoms with Gasteiger partial charge in [-0.15, -0.1) is 12.4 Å². The summed E-state index contributed by atoms with van der Waals surface area (Å²) in [6, 6.07) is -0.571. The third kappa shape index (κ3) is 2.70. The molecular weight excluding hydrogens is 244 g/mol. The van der Waals surface area contributed by atoms with Crippen LogP contribution in [0.15, 0.2) is 0 Å². The van der Waals surface area contributed by atoms with Crippen LogP contribution in [0, 0.1) is 0 Å². The fourth-order valence-corrected chi connectivity index (χ4v) is 2.17. The highest BCUT2D eigenvalue weighted by molar-refractivity contribution is 6.03. The number of carbonyl (C=O) groups excluding carboxylic acids is 2. The molecule has 0 bridgehead atoms. The van der Waals surface area contributed by atoms with Gasteiger partial charge in [0, 0.05) is 0 Å². The van der Waals surface area contributed by atoms with Crippen LogP contribution in [0.3, 0.4) is 0 Å². The molecule has 6 nitrogen and oxygen atoms in total. The first-order valence-corrected chi connectivity index (χ1v) is 5.61. The smallest absolute Gasteiger partial charge is 0.318 e. The molecule has 1 heterocycles. The van der Waals surface area contributed by atoms with Crippen molar-refractivity contribution >= 4 is 24.3 Å². The van der Waals surface area contributed by atoms with Crippen LogP contribution in [-0.4, -0.2) is 23.1 Å². The first-order chi connectivity index (χ1) is 7.39. The lowest BCUT2D eigenvalue weighted by molar-refractivity contribution is -0.130. The Morgan fingerprint density at radius 2 is 1.65 bits per heavy atom. The first kappa shape index (κ1) is 16.1. The lowest BCUT2D eigenvalue weighted by Crippen LogP contribution is -2.83. The van der Waals surface area contributed by atoms with E-state index in [1.807, 2.05) is 13.8 Å². The summed E-state index contributed by atoms with van der Waals surface area (Å²) in [5, 5.41) is 4.76. The molecule has 1 fully saturated rings. The predicted octanol–water partition coefficient (Wildman–Crippen LogP) is 0.200. The van der Waals surface area contributed by atoms with E-state index in [0.717, 1.165) is 12.8 Å². The molecule has 1 rings (SSSR count). The first-order valence-electron chi connectivity index (χ1n) is 5.61. The summed E-state index contributed by atoms with van der Waals surface area (Å²) < 4.78 is 0. The zero-order valence-corrected chi connectivity index (χ0v) is 11.0. The van der Waals surface area contributed by atoms with Crippen LogP contribution in [-0.2, 0) is 4.79 Å². The maximum atomic E-state index is 11.8. The number of hydrogen-bond acceptors (Lipinski definition) is 4. The van der Waals surface area contributed by atoms with Gasteiger partial charge < -0.3 is 16.8 Å². The van der Waals surface area contributed by atoms with Crippen molar-refractivity contribution in [3.05, 3.63) is 0 Å². The summed E-state index contributed by atoms with van der Waals surface area (Å²) in [6.07, 6.45) is 2.38. The number of hydrogen-bond donors (Lipinski definition) is 4. The molecule has 1 saturated heterocycles. The van der Waals surface area contributed by atoms with Gasteiger partial charge >= 0.3 is 6.03 Å². The minimum absolute atomic E-state index is 0. The molecule has 0 aromatic heterocycles. The average Bonchev–Trinajstić information content (AvgIpc) is 2.15. The topological polar surface area (TPSA) is 110 Å². The summed E-state index contributed by atoms with van der Waals surface area (Å²) in [5.74, 6) is -0.492. The van der Waals surface area contributed by atoms with Gasteiger partial charge in [0.25, 0.3) is 5.91 Å². The van der Waals surface area contributed by atoms with Gasteiger partial charge in [0.2, 0.25) is 0 Å². The summed E-state index contributed by atoms with van der Waals surface area (Å²) in [7, 11) is 0. The van der Waals surface area contributed by atoms with Gasteiger partial charge in [0.1, 0.15) is 11.2 Å². The molecule has 0 spiro atoms. The van der Waals surface area contributed by atoms with Gasteiger partial charge in [-0.05, 0) is 12.8 Å². The number of rotatable bonds is 4. The maximum absolute atomic E-state index is 11.8. The van der Waals surface area contributed by atoms with Gasteiger partial charge in [-0.1, -0.05) is 26.7 Å². The molecule has 0 radical (unpaired) electrons. The van der Waals surface area contributed by atoms with Crippen LogP contribution in [0.1, 0.15) is 39.5 Å². The molecule has 0 aromatic carbocycles. The molecule has 7 heteroatoms. The van der Waals surface area contributed by atoms with E-state index in [4.69, 9.17) is 11.5 Å². The summed E-state index contributed by atoms with van der Waals surface area (Å²) in [6.45, 7) is 3.85. The highest BCUT2D eigenvalue weighted by atomic mass is 35.5. The van der Waals surface area contributed by atoms with E-state index in [1.54, 1.807) is 0 Å². The number of nitrogens with one attached hydrogen (secondary N) is 2. The van der Waals surface area contributed by atoms with Crippen LogP contribution in [0.25, 0.3) is 0 Å². The molecular formula is C10H21ClN4O2. The van der Waals surface area contributed by atoms with Crippen LogP contribution < -0.4 is 22.1 Å². The van der Waals surface area contributed by atoms with Gasteiger partial charge in [-0.3, -0.25) is 10.1 Å². The van der Waals surface area contributed by atoms with Crippen molar-refractivity contribution in [3.8, 4) is 0 Å². The number of imide groups is 1. The molecule has 2 atom stereocenters. The van der Waals surface area contributed by atoms with Crippen molar-refractivity contribution in [2.24, 2.45) is 11.5 Å². The molecule has 1 aliphatic rings. The van der Waals surface area contributed by atoms with E-state index < -0.39 is 23.1 Å². The minimum Gasteiger partial charge on any atom is -0.318 e. The van der Waals surface area contributed by atoms with E-state index in [-0.39, 0.29) is 12.4 Å². The predicted molar refractivity (Wildman–Crippen MR) is 67.6 cm³/mol. The van der Waals surface area contributed by atoms with Crippen LogP contribution in [0.4, 0.5) is 4.79 Å². The Morgan fingerprint density at radius 3 is 2.12 bits per heavy atom. The highest BCUT2D eigenvalue weighted by Gasteiger charge is 2.54. The van der Waals surface area contributed by atoms with Gasteiger partial charge in [0.05, 0.1) is 0 Å². The van der Waals surface area contributed by atoms with Crippen molar-refractivity contribution in [2.75, 3.05) is 0 Å². The van der Waals surface area contributed by atoms with Crippen molar-refractivity contribution in [1.29, 1.82) is 0 Å². The Balaban J connectivity index is 0.00000256. The quantitative estimate of drug-likeness (QED) is 0.581. The fourth-order valence-electron chi connectivity index (χ4n) is 2.17. The largest absolute Gasteiger partial charge is 0.323 e. The summed E-state index contributed by atoms with van der Waals surface area (Å²) in [4.78, 5) is 23.1. The number of carbonyl (C=O) groups is 2. The highest BCUT2D eigenvalue weighted by Crippen LogP contribution is 2.27. The third-order valence-electron chi connectivity index (χ3n) is 3.05. The summed E-state index contributed by atoms with van der Waals surface area (Å²) >= 11 is 0. The number of nitrogens with two attached hydrogens (primary N) is 2. The number of amides is 3. The van der Waals surface area contributed by atoms with E-state index >= 15 is 0 Å². The van der Waals surface area contributed by atoms with Gasteiger partial charge in [-0.25, -0.2) is 4.79 Å². The Kier molecular flexibility index (Phi) is 5.38. The average molecular weight is 265 g/mol. The van der Waals surface area contributed by atoms with E-state index in [1.165, 1.54) is 0 Å².